The van der Waals surface area contributed by atoms with E-state index >= 15 is 22.0 Å². The number of rotatable bonds is 9. The van der Waals surface area contributed by atoms with Gasteiger partial charge in [-0.05, 0) is 77.1 Å². The minimum absolute atomic E-state index is 0.173. The van der Waals surface area contributed by atoms with E-state index in [1.807, 2.05) is 0 Å². The predicted octanol–water partition coefficient (Wildman–Crippen LogP) is 11.6. The van der Waals surface area contributed by atoms with Crippen LogP contribution >= 0.6 is 11.6 Å². The Morgan fingerprint density at radius 2 is 1.11 bits per heavy atom. The summed E-state index contributed by atoms with van der Waals surface area (Å²) in [5, 5.41) is -1.00. The van der Waals surface area contributed by atoms with E-state index in [0.717, 1.165) is 36.6 Å². The third-order valence-corrected chi connectivity index (χ3v) is 7.36. The molecule has 0 radical (unpaired) electrons. The minimum Gasteiger partial charge on any atom is -0.429 e. The zero-order chi connectivity index (χ0) is 33.3. The van der Waals surface area contributed by atoms with Crippen LogP contribution in [-0.4, -0.2) is 0 Å². The molecule has 0 spiro atoms. The van der Waals surface area contributed by atoms with E-state index in [2.05, 4.69) is 11.3 Å². The molecule has 0 aliphatic rings. The van der Waals surface area contributed by atoms with Crippen LogP contribution in [0, 0.1) is 40.7 Å². The predicted molar refractivity (Wildman–Crippen MR) is 157 cm³/mol. The van der Waals surface area contributed by atoms with Gasteiger partial charge in [0.15, 0.2) is 11.6 Å². The molecule has 0 bridgehead atoms. The van der Waals surface area contributed by atoms with Crippen LogP contribution in [0.4, 0.5) is 39.5 Å². The van der Waals surface area contributed by atoms with Gasteiger partial charge >= 0.3 is 6.11 Å². The van der Waals surface area contributed by atoms with Gasteiger partial charge in [-0.3, -0.25) is 0 Å². The van der Waals surface area contributed by atoms with Crippen LogP contribution in [0.25, 0.3) is 33.4 Å². The van der Waals surface area contributed by atoms with Crippen LogP contribution in [0.3, 0.4) is 0 Å². The first-order chi connectivity index (χ1) is 21.8. The van der Waals surface area contributed by atoms with E-state index in [4.69, 9.17) is 11.6 Å². The number of ether oxygens (including phenoxy) is 1. The smallest absolute Gasteiger partial charge is 0.429 e. The number of halogens is 10. The molecular formula is C35H20ClF9O. The normalized spacial score (nSPS) is 11.5. The van der Waals surface area contributed by atoms with Gasteiger partial charge in [-0.2, -0.15) is 8.78 Å². The SMILES string of the molecule is C=CCCc1ccc(-c2cc(F)c(-c3cc(F)c(C(F)(F)Oc4cc(F)c(-c5ccc(F)c(F)c5)c(F)c4)c(Cl)c3)c(F)c2)cc1. The van der Waals surface area contributed by atoms with Crippen molar-refractivity contribution in [2.75, 3.05) is 0 Å². The second-order valence-electron chi connectivity index (χ2n) is 10.2. The summed E-state index contributed by atoms with van der Waals surface area (Å²) in [6.45, 7) is 3.66. The summed E-state index contributed by atoms with van der Waals surface area (Å²) in [7, 11) is 0. The number of hydrogen-bond donors (Lipinski definition) is 0. The molecule has 0 unspecified atom stereocenters. The summed E-state index contributed by atoms with van der Waals surface area (Å²) in [4.78, 5) is 0. The molecule has 5 aromatic rings. The first-order valence-corrected chi connectivity index (χ1v) is 13.9. The van der Waals surface area contributed by atoms with Gasteiger partial charge in [0.2, 0.25) is 0 Å². The highest BCUT2D eigenvalue weighted by Gasteiger charge is 2.41. The van der Waals surface area contributed by atoms with Crippen molar-refractivity contribution in [2.24, 2.45) is 0 Å². The Morgan fingerprint density at radius 3 is 1.67 bits per heavy atom. The number of hydrogen-bond acceptors (Lipinski definition) is 1. The van der Waals surface area contributed by atoms with Gasteiger partial charge < -0.3 is 4.74 Å². The molecule has 11 heteroatoms. The first-order valence-electron chi connectivity index (χ1n) is 13.5. The Hall–Kier alpha value is -4.70. The lowest BCUT2D eigenvalue weighted by Gasteiger charge is -2.21. The fourth-order valence-electron chi connectivity index (χ4n) is 4.88. The maximum Gasteiger partial charge on any atom is 0.431 e. The lowest BCUT2D eigenvalue weighted by atomic mass is 9.97. The third kappa shape index (κ3) is 6.62. The number of aryl methyl sites for hydroxylation is 1. The molecule has 0 fully saturated rings. The molecule has 0 heterocycles. The molecule has 1 nitrogen and oxygen atoms in total. The van der Waals surface area contributed by atoms with Crippen molar-refractivity contribution in [3.63, 3.8) is 0 Å². The quantitative estimate of drug-likeness (QED) is 0.113. The van der Waals surface area contributed by atoms with E-state index in [0.29, 0.717) is 42.0 Å². The Labute approximate surface area is 262 Å². The molecule has 0 aliphatic carbocycles. The third-order valence-electron chi connectivity index (χ3n) is 7.06. The fraction of sp³-hybridized carbons (Fsp3) is 0.0857. The van der Waals surface area contributed by atoms with Crippen LogP contribution in [0.2, 0.25) is 5.02 Å². The average molecular weight is 663 g/mol. The zero-order valence-electron chi connectivity index (χ0n) is 23.4. The molecule has 0 aliphatic heterocycles. The van der Waals surface area contributed by atoms with E-state index < -0.39 is 85.4 Å². The monoisotopic (exact) mass is 662 g/mol. The van der Waals surface area contributed by atoms with Crippen molar-refractivity contribution in [3.8, 4) is 39.1 Å². The van der Waals surface area contributed by atoms with E-state index in [-0.39, 0.29) is 5.56 Å². The van der Waals surface area contributed by atoms with Crippen LogP contribution < -0.4 is 4.74 Å². The molecular weight excluding hydrogens is 643 g/mol. The molecule has 0 saturated carbocycles. The molecule has 0 N–H and O–H groups in total. The van der Waals surface area contributed by atoms with Crippen LogP contribution in [0.5, 0.6) is 5.75 Å². The maximum atomic E-state index is 15.2. The second-order valence-corrected chi connectivity index (χ2v) is 10.6. The van der Waals surface area contributed by atoms with E-state index in [1.54, 1.807) is 30.3 Å². The summed E-state index contributed by atoms with van der Waals surface area (Å²) >= 11 is 5.95. The maximum absolute atomic E-state index is 15.2. The zero-order valence-corrected chi connectivity index (χ0v) is 24.1. The number of benzene rings is 5. The molecule has 46 heavy (non-hydrogen) atoms. The second kappa shape index (κ2) is 13.0. The highest BCUT2D eigenvalue weighted by molar-refractivity contribution is 6.31. The van der Waals surface area contributed by atoms with Crippen LogP contribution in [0.1, 0.15) is 17.5 Å². The molecule has 0 amide bonds. The lowest BCUT2D eigenvalue weighted by Crippen LogP contribution is -2.24. The fourth-order valence-corrected chi connectivity index (χ4v) is 5.20. The van der Waals surface area contributed by atoms with Crippen molar-refractivity contribution >= 4 is 11.6 Å². The summed E-state index contributed by atoms with van der Waals surface area (Å²) in [5.41, 5.74) is -2.45. The van der Waals surface area contributed by atoms with Crippen molar-refractivity contribution < 1.29 is 44.3 Å². The van der Waals surface area contributed by atoms with Gasteiger partial charge in [-0.1, -0.05) is 48.0 Å². The average Bonchev–Trinajstić information content (AvgIpc) is 2.96. The van der Waals surface area contributed by atoms with Gasteiger partial charge in [-0.15, -0.1) is 6.58 Å². The Morgan fingerprint density at radius 1 is 0.587 bits per heavy atom. The Kier molecular flexibility index (Phi) is 9.21. The van der Waals surface area contributed by atoms with E-state index in [9.17, 15) is 17.6 Å². The van der Waals surface area contributed by atoms with Gasteiger partial charge in [0.25, 0.3) is 0 Å². The molecule has 0 saturated heterocycles. The molecule has 0 atom stereocenters. The van der Waals surface area contributed by atoms with Gasteiger partial charge in [-0.25, -0.2) is 30.7 Å². The molecule has 0 aromatic heterocycles. The van der Waals surface area contributed by atoms with Gasteiger partial charge in [0, 0.05) is 12.1 Å². The molecule has 5 rings (SSSR count). The number of alkyl halides is 2. The van der Waals surface area contributed by atoms with E-state index in [1.165, 1.54) is 0 Å². The van der Waals surface area contributed by atoms with Crippen molar-refractivity contribution in [2.45, 2.75) is 19.0 Å². The Bertz CT molecular complexity index is 1890. The largest absolute Gasteiger partial charge is 0.431 e. The summed E-state index contributed by atoms with van der Waals surface area (Å²) < 4.78 is 136. The lowest BCUT2D eigenvalue weighted by molar-refractivity contribution is -0.187. The summed E-state index contributed by atoms with van der Waals surface area (Å²) in [6.07, 6.45) is -1.39. The molecule has 5 aromatic carbocycles. The van der Waals surface area contributed by atoms with Crippen LogP contribution in [0.15, 0.2) is 91.5 Å². The van der Waals surface area contributed by atoms with Crippen molar-refractivity contribution in [1.82, 2.24) is 0 Å². The minimum atomic E-state index is -4.64. The standard InChI is InChI=1S/C35H20ClF9O/c1-2-3-4-18-5-7-19(8-6-18)21-13-27(39)33(28(40)14-21)22-11-24(36)34(31(43)15-22)35(44,45)46-23-16-29(41)32(30(42)17-23)20-9-10-25(37)26(38)12-20/h2,5-17H,1,3-4H2. The highest BCUT2D eigenvalue weighted by Crippen LogP contribution is 2.42. The first kappa shape index (κ1) is 32.7. The topological polar surface area (TPSA) is 9.23 Å². The Balaban J connectivity index is 1.43. The van der Waals surface area contributed by atoms with Gasteiger partial charge in [0.05, 0.1) is 16.1 Å². The summed E-state index contributed by atoms with van der Waals surface area (Å²) in [5.74, 6) is -10.7. The molecule has 236 valence electrons. The highest BCUT2D eigenvalue weighted by atomic mass is 35.5. The van der Waals surface area contributed by atoms with Crippen molar-refractivity contribution in [1.29, 1.82) is 0 Å². The summed E-state index contributed by atoms with van der Waals surface area (Å²) in [6, 6.07) is 12.7. The van der Waals surface area contributed by atoms with Crippen molar-refractivity contribution in [3.05, 3.63) is 148 Å². The van der Waals surface area contributed by atoms with Gasteiger partial charge in [0.1, 0.15) is 40.4 Å². The van der Waals surface area contributed by atoms with Crippen LogP contribution in [-0.2, 0) is 12.5 Å². The number of allylic oxidation sites excluding steroid dienone is 1.